The highest BCUT2D eigenvalue weighted by molar-refractivity contribution is 5.98. The van der Waals surface area contributed by atoms with Crippen LogP contribution in [0, 0.1) is 5.92 Å². The van der Waals surface area contributed by atoms with E-state index in [9.17, 15) is 9.59 Å². The number of aliphatic carboxylic acids is 1. The zero-order chi connectivity index (χ0) is 14.7. The lowest BCUT2D eigenvalue weighted by molar-refractivity contribution is -0.139. The number of oxazole rings is 1. The molecule has 0 fully saturated rings. The molecule has 1 aromatic heterocycles. The average Bonchev–Trinajstić information content (AvgIpc) is 2.84. The first-order chi connectivity index (χ1) is 9.47. The van der Waals surface area contributed by atoms with Gasteiger partial charge in [-0.05, 0) is 30.5 Å². The minimum Gasteiger partial charge on any atom is -0.480 e. The summed E-state index contributed by atoms with van der Waals surface area (Å²) in [6.07, 6.45) is 1.68. The van der Waals surface area contributed by atoms with E-state index in [-0.39, 0.29) is 5.92 Å². The third-order valence-electron chi connectivity index (χ3n) is 2.90. The van der Waals surface area contributed by atoms with Crippen molar-refractivity contribution in [3.63, 3.8) is 0 Å². The number of hydrogen-bond donors (Lipinski definition) is 2. The number of benzene rings is 1. The molecular formula is C14H16N2O4. The molecule has 2 N–H and O–H groups in total. The predicted molar refractivity (Wildman–Crippen MR) is 72.4 cm³/mol. The zero-order valence-electron chi connectivity index (χ0n) is 11.3. The van der Waals surface area contributed by atoms with Gasteiger partial charge in [0.25, 0.3) is 5.91 Å². The van der Waals surface area contributed by atoms with Crippen LogP contribution >= 0.6 is 0 Å². The van der Waals surface area contributed by atoms with E-state index in [1.165, 1.54) is 6.39 Å². The summed E-state index contributed by atoms with van der Waals surface area (Å²) in [7, 11) is 0. The molecule has 2 rings (SSSR count). The molecule has 0 saturated carbocycles. The molecule has 106 valence electrons. The van der Waals surface area contributed by atoms with Crippen molar-refractivity contribution in [1.29, 1.82) is 0 Å². The van der Waals surface area contributed by atoms with Crippen LogP contribution in [0.3, 0.4) is 0 Å². The first-order valence-corrected chi connectivity index (χ1v) is 6.34. The van der Waals surface area contributed by atoms with Crippen LogP contribution in [0.25, 0.3) is 11.1 Å². The van der Waals surface area contributed by atoms with E-state index in [1.54, 1.807) is 18.2 Å². The number of rotatable bonds is 5. The number of aromatic nitrogens is 1. The van der Waals surface area contributed by atoms with Crippen molar-refractivity contribution in [2.45, 2.75) is 26.3 Å². The first-order valence-electron chi connectivity index (χ1n) is 6.34. The van der Waals surface area contributed by atoms with E-state index in [1.807, 2.05) is 13.8 Å². The van der Waals surface area contributed by atoms with Crippen molar-refractivity contribution in [1.82, 2.24) is 10.3 Å². The van der Waals surface area contributed by atoms with Gasteiger partial charge < -0.3 is 14.8 Å². The summed E-state index contributed by atoms with van der Waals surface area (Å²) in [6.45, 7) is 3.81. The smallest absolute Gasteiger partial charge is 0.326 e. The number of nitrogens with one attached hydrogen (secondary N) is 1. The van der Waals surface area contributed by atoms with E-state index in [2.05, 4.69) is 10.3 Å². The fourth-order valence-corrected chi connectivity index (χ4v) is 1.93. The number of fused-ring (bicyclic) bond motifs is 1. The van der Waals surface area contributed by atoms with Crippen molar-refractivity contribution >= 4 is 23.0 Å². The Bertz CT molecular complexity index is 633. The summed E-state index contributed by atoms with van der Waals surface area (Å²) in [6, 6.07) is 3.89. The number of amides is 1. The average molecular weight is 276 g/mol. The molecule has 0 bridgehead atoms. The van der Waals surface area contributed by atoms with E-state index in [4.69, 9.17) is 9.52 Å². The van der Waals surface area contributed by atoms with Gasteiger partial charge in [0.15, 0.2) is 12.0 Å². The van der Waals surface area contributed by atoms with Gasteiger partial charge in [0.05, 0.1) is 0 Å². The number of nitrogens with zero attached hydrogens (tertiary/aromatic N) is 1. The molecule has 0 spiro atoms. The van der Waals surface area contributed by atoms with Gasteiger partial charge in [-0.2, -0.15) is 0 Å². The lowest BCUT2D eigenvalue weighted by atomic mass is 10.0. The fourth-order valence-electron chi connectivity index (χ4n) is 1.93. The molecule has 0 aliphatic carbocycles. The maximum Gasteiger partial charge on any atom is 0.326 e. The van der Waals surface area contributed by atoms with E-state index >= 15 is 0 Å². The van der Waals surface area contributed by atoms with Gasteiger partial charge in [-0.15, -0.1) is 0 Å². The van der Waals surface area contributed by atoms with Gasteiger partial charge >= 0.3 is 5.97 Å². The van der Waals surface area contributed by atoms with Gasteiger partial charge in [-0.1, -0.05) is 13.8 Å². The molecule has 0 aliphatic heterocycles. The number of carboxylic acids is 1. The standard InChI is InChI=1S/C14H16N2O4/c1-8(2)5-11(14(18)19)16-13(17)9-3-4-12-10(6-9)15-7-20-12/h3-4,6-8,11H,5H2,1-2H3,(H,16,17)(H,18,19). The second kappa shape index (κ2) is 5.73. The molecule has 1 amide bonds. The maximum absolute atomic E-state index is 12.1. The van der Waals surface area contributed by atoms with Gasteiger partial charge in [0.1, 0.15) is 11.6 Å². The molecule has 0 aliphatic rings. The predicted octanol–water partition coefficient (Wildman–Crippen LogP) is 2.06. The van der Waals surface area contributed by atoms with Gasteiger partial charge in [-0.3, -0.25) is 4.79 Å². The van der Waals surface area contributed by atoms with Crippen LogP contribution in [-0.4, -0.2) is 28.0 Å². The molecular weight excluding hydrogens is 260 g/mol. The minimum absolute atomic E-state index is 0.175. The molecule has 0 radical (unpaired) electrons. The Morgan fingerprint density at radius 1 is 1.40 bits per heavy atom. The van der Waals surface area contributed by atoms with Gasteiger partial charge in [0, 0.05) is 5.56 Å². The second-order valence-corrected chi connectivity index (χ2v) is 5.03. The molecule has 0 saturated heterocycles. The Balaban J connectivity index is 2.15. The van der Waals surface area contributed by atoms with Crippen molar-refractivity contribution in [2.24, 2.45) is 5.92 Å². The molecule has 1 aromatic carbocycles. The summed E-state index contributed by atoms with van der Waals surface area (Å²) in [4.78, 5) is 27.2. The summed E-state index contributed by atoms with van der Waals surface area (Å²) in [5.74, 6) is -1.29. The van der Waals surface area contributed by atoms with Crippen molar-refractivity contribution in [2.75, 3.05) is 0 Å². The summed E-state index contributed by atoms with van der Waals surface area (Å²) in [5, 5.41) is 11.6. The summed E-state index contributed by atoms with van der Waals surface area (Å²) < 4.78 is 5.09. The zero-order valence-corrected chi connectivity index (χ0v) is 11.3. The second-order valence-electron chi connectivity index (χ2n) is 5.03. The van der Waals surface area contributed by atoms with Crippen LogP contribution in [0.5, 0.6) is 0 Å². The van der Waals surface area contributed by atoms with E-state index in [0.29, 0.717) is 23.1 Å². The summed E-state index contributed by atoms with van der Waals surface area (Å²) >= 11 is 0. The van der Waals surface area contributed by atoms with Crippen LogP contribution < -0.4 is 5.32 Å². The van der Waals surface area contributed by atoms with Crippen molar-refractivity contribution in [3.05, 3.63) is 30.2 Å². The van der Waals surface area contributed by atoms with Crippen LogP contribution in [0.1, 0.15) is 30.6 Å². The topological polar surface area (TPSA) is 92.4 Å². The highest BCUT2D eigenvalue weighted by atomic mass is 16.4. The third kappa shape index (κ3) is 3.14. The third-order valence-corrected chi connectivity index (χ3v) is 2.90. The van der Waals surface area contributed by atoms with Gasteiger partial charge in [0.2, 0.25) is 0 Å². The highest BCUT2D eigenvalue weighted by Gasteiger charge is 2.21. The number of carboxylic acid groups (broad SMARTS) is 1. The lowest BCUT2D eigenvalue weighted by Crippen LogP contribution is -2.41. The Labute approximate surface area is 115 Å². The highest BCUT2D eigenvalue weighted by Crippen LogP contribution is 2.14. The van der Waals surface area contributed by atoms with Crippen LogP contribution in [0.2, 0.25) is 0 Å². The monoisotopic (exact) mass is 276 g/mol. The largest absolute Gasteiger partial charge is 0.480 e. The molecule has 1 unspecified atom stereocenters. The quantitative estimate of drug-likeness (QED) is 0.872. The molecule has 6 heteroatoms. The number of carbonyl (C=O) groups excluding carboxylic acids is 1. The molecule has 2 aromatic rings. The molecule has 1 heterocycles. The van der Waals surface area contributed by atoms with E-state index in [0.717, 1.165) is 0 Å². The summed E-state index contributed by atoms with van der Waals surface area (Å²) in [5.41, 5.74) is 1.51. The maximum atomic E-state index is 12.1. The van der Waals surface area contributed by atoms with Crippen LogP contribution in [-0.2, 0) is 4.79 Å². The van der Waals surface area contributed by atoms with Crippen LogP contribution in [0.4, 0.5) is 0 Å². The normalized spacial score (nSPS) is 12.6. The minimum atomic E-state index is -1.03. The number of hydrogen-bond acceptors (Lipinski definition) is 4. The molecule has 1 atom stereocenters. The lowest BCUT2D eigenvalue weighted by Gasteiger charge is -2.16. The SMILES string of the molecule is CC(C)CC(NC(=O)c1ccc2ocnc2c1)C(=O)O. The Morgan fingerprint density at radius 2 is 2.15 bits per heavy atom. The Kier molecular flexibility index (Phi) is 4.02. The first kappa shape index (κ1) is 14.0. The Hall–Kier alpha value is -2.37. The fraction of sp³-hybridized carbons (Fsp3) is 0.357. The molecule has 20 heavy (non-hydrogen) atoms. The van der Waals surface area contributed by atoms with Crippen molar-refractivity contribution < 1.29 is 19.1 Å². The molecule has 6 nitrogen and oxygen atoms in total. The van der Waals surface area contributed by atoms with Crippen LogP contribution in [0.15, 0.2) is 29.0 Å². The van der Waals surface area contributed by atoms with E-state index < -0.39 is 17.9 Å². The Morgan fingerprint density at radius 3 is 2.80 bits per heavy atom. The number of carbonyl (C=O) groups is 2. The van der Waals surface area contributed by atoms with Gasteiger partial charge in [-0.25, -0.2) is 9.78 Å². The van der Waals surface area contributed by atoms with Crippen molar-refractivity contribution in [3.8, 4) is 0 Å².